The lowest BCUT2D eigenvalue weighted by Crippen LogP contribution is -2.02. The Hall–Kier alpha value is -1.42. The lowest BCUT2D eigenvalue weighted by molar-refractivity contribution is 0.0978. The number of benzene rings is 1. The molecule has 94 valence electrons. The molecule has 2 N–H and O–H groups in total. The Kier molecular flexibility index (Phi) is 5.63. The van der Waals surface area contributed by atoms with Crippen molar-refractivity contribution in [3.63, 3.8) is 0 Å². The van der Waals surface area contributed by atoms with Crippen LogP contribution in [0.2, 0.25) is 0 Å². The van der Waals surface area contributed by atoms with Gasteiger partial charge in [-0.25, -0.2) is 4.39 Å². The molecule has 0 amide bonds. The fourth-order valence-corrected chi connectivity index (χ4v) is 1.59. The molecule has 0 saturated heterocycles. The van der Waals surface area contributed by atoms with E-state index in [4.69, 9.17) is 10.5 Å². The van der Waals surface area contributed by atoms with E-state index in [1.807, 2.05) is 0 Å². The summed E-state index contributed by atoms with van der Waals surface area (Å²) in [6.07, 6.45) is 3.08. The van der Waals surface area contributed by atoms with Crippen molar-refractivity contribution in [1.82, 2.24) is 0 Å². The zero-order chi connectivity index (χ0) is 12.7. The van der Waals surface area contributed by atoms with Gasteiger partial charge in [-0.1, -0.05) is 6.42 Å². The summed E-state index contributed by atoms with van der Waals surface area (Å²) in [6.45, 7) is 0.644. The quantitative estimate of drug-likeness (QED) is 0.587. The SMILES string of the molecule is COc1ccc(C(=O)CCCCCN)cc1F. The summed E-state index contributed by atoms with van der Waals surface area (Å²) in [7, 11) is 1.40. The van der Waals surface area contributed by atoms with E-state index >= 15 is 0 Å². The molecule has 3 nitrogen and oxygen atoms in total. The molecule has 0 aliphatic rings. The van der Waals surface area contributed by atoms with Crippen LogP contribution in [0.4, 0.5) is 4.39 Å². The Morgan fingerprint density at radius 3 is 2.71 bits per heavy atom. The number of unbranched alkanes of at least 4 members (excludes halogenated alkanes) is 2. The molecule has 1 aromatic carbocycles. The monoisotopic (exact) mass is 239 g/mol. The third-order valence-corrected chi connectivity index (χ3v) is 2.58. The molecule has 0 heterocycles. The Morgan fingerprint density at radius 2 is 2.12 bits per heavy atom. The van der Waals surface area contributed by atoms with Gasteiger partial charge in [-0.3, -0.25) is 4.79 Å². The molecule has 0 saturated carbocycles. The van der Waals surface area contributed by atoms with Crippen molar-refractivity contribution in [2.24, 2.45) is 5.73 Å². The number of carbonyl (C=O) groups excluding carboxylic acids is 1. The predicted molar refractivity (Wildman–Crippen MR) is 64.8 cm³/mol. The average Bonchev–Trinajstić information content (AvgIpc) is 2.34. The van der Waals surface area contributed by atoms with Gasteiger partial charge in [-0.2, -0.15) is 0 Å². The smallest absolute Gasteiger partial charge is 0.165 e. The number of Topliss-reactive ketones (excluding diaryl/α,β-unsaturated/α-hetero) is 1. The maximum atomic E-state index is 13.4. The number of nitrogens with two attached hydrogens (primary N) is 1. The molecule has 0 atom stereocenters. The number of rotatable bonds is 7. The van der Waals surface area contributed by atoms with Gasteiger partial charge in [0.25, 0.3) is 0 Å². The van der Waals surface area contributed by atoms with Gasteiger partial charge in [-0.05, 0) is 37.6 Å². The van der Waals surface area contributed by atoms with Crippen molar-refractivity contribution in [3.05, 3.63) is 29.6 Å². The van der Waals surface area contributed by atoms with Crippen molar-refractivity contribution in [2.75, 3.05) is 13.7 Å². The molecule has 1 aromatic rings. The molecule has 0 aliphatic carbocycles. The molecule has 0 aliphatic heterocycles. The highest BCUT2D eigenvalue weighted by molar-refractivity contribution is 5.96. The van der Waals surface area contributed by atoms with Gasteiger partial charge in [0.05, 0.1) is 7.11 Å². The predicted octanol–water partition coefficient (Wildman–Crippen LogP) is 2.54. The molecular weight excluding hydrogens is 221 g/mol. The average molecular weight is 239 g/mol. The molecule has 0 aromatic heterocycles. The van der Waals surface area contributed by atoms with Crippen LogP contribution in [0.25, 0.3) is 0 Å². The maximum absolute atomic E-state index is 13.4. The highest BCUT2D eigenvalue weighted by Gasteiger charge is 2.09. The van der Waals surface area contributed by atoms with E-state index in [2.05, 4.69) is 0 Å². The van der Waals surface area contributed by atoms with Crippen molar-refractivity contribution < 1.29 is 13.9 Å². The maximum Gasteiger partial charge on any atom is 0.165 e. The van der Waals surface area contributed by atoms with Crippen LogP contribution in [-0.4, -0.2) is 19.4 Å². The van der Waals surface area contributed by atoms with E-state index < -0.39 is 5.82 Å². The summed E-state index contributed by atoms with van der Waals surface area (Å²) in [6, 6.07) is 4.29. The van der Waals surface area contributed by atoms with Crippen LogP contribution in [-0.2, 0) is 0 Å². The number of carbonyl (C=O) groups is 1. The van der Waals surface area contributed by atoms with Gasteiger partial charge in [0.15, 0.2) is 17.3 Å². The Morgan fingerprint density at radius 1 is 1.35 bits per heavy atom. The summed E-state index contributed by atoms with van der Waals surface area (Å²) in [5, 5.41) is 0. The fourth-order valence-electron chi connectivity index (χ4n) is 1.59. The lowest BCUT2D eigenvalue weighted by Gasteiger charge is -2.04. The first kappa shape index (κ1) is 13.6. The largest absolute Gasteiger partial charge is 0.494 e. The molecule has 0 bridgehead atoms. The van der Waals surface area contributed by atoms with Gasteiger partial charge in [0, 0.05) is 12.0 Å². The molecular formula is C13H18FNO2. The van der Waals surface area contributed by atoms with Crippen molar-refractivity contribution in [2.45, 2.75) is 25.7 Å². The number of hydrogen-bond donors (Lipinski definition) is 1. The highest BCUT2D eigenvalue weighted by atomic mass is 19.1. The van der Waals surface area contributed by atoms with Crippen molar-refractivity contribution in [3.8, 4) is 5.75 Å². The van der Waals surface area contributed by atoms with Gasteiger partial charge in [-0.15, -0.1) is 0 Å². The van der Waals surface area contributed by atoms with Gasteiger partial charge in [0.1, 0.15) is 0 Å². The van der Waals surface area contributed by atoms with Crippen LogP contribution < -0.4 is 10.5 Å². The number of methoxy groups -OCH3 is 1. The normalized spacial score (nSPS) is 10.3. The second kappa shape index (κ2) is 7.01. The zero-order valence-corrected chi connectivity index (χ0v) is 10.0. The van der Waals surface area contributed by atoms with Gasteiger partial charge < -0.3 is 10.5 Å². The molecule has 4 heteroatoms. The van der Waals surface area contributed by atoms with Crippen LogP contribution in [0.3, 0.4) is 0 Å². The first-order chi connectivity index (χ1) is 8.19. The molecule has 0 radical (unpaired) electrons. The summed E-state index contributed by atoms with van der Waals surface area (Å²) in [5.41, 5.74) is 5.76. The molecule has 17 heavy (non-hydrogen) atoms. The minimum absolute atomic E-state index is 0.0384. The summed E-state index contributed by atoms with van der Waals surface area (Å²) < 4.78 is 18.2. The van der Waals surface area contributed by atoms with E-state index in [1.165, 1.54) is 19.2 Å². The number of halogens is 1. The summed E-state index contributed by atoms with van der Waals surface area (Å²) in [4.78, 5) is 11.7. The Labute approximate surface area is 101 Å². The minimum atomic E-state index is -0.500. The third kappa shape index (κ3) is 4.15. The van der Waals surface area contributed by atoms with Crippen LogP contribution in [0, 0.1) is 5.82 Å². The van der Waals surface area contributed by atoms with Gasteiger partial charge >= 0.3 is 0 Å². The summed E-state index contributed by atoms with van der Waals surface area (Å²) in [5.74, 6) is -0.381. The fraction of sp³-hybridized carbons (Fsp3) is 0.462. The van der Waals surface area contributed by atoms with Crippen molar-refractivity contribution >= 4 is 5.78 Å². The second-order valence-electron chi connectivity index (χ2n) is 3.87. The van der Waals surface area contributed by atoms with E-state index in [-0.39, 0.29) is 11.5 Å². The lowest BCUT2D eigenvalue weighted by atomic mass is 10.0. The van der Waals surface area contributed by atoms with Crippen LogP contribution in [0.5, 0.6) is 5.75 Å². The summed E-state index contributed by atoms with van der Waals surface area (Å²) >= 11 is 0. The van der Waals surface area contributed by atoms with E-state index in [1.54, 1.807) is 6.07 Å². The molecule has 0 unspecified atom stereocenters. The number of ether oxygens (including phenoxy) is 1. The highest BCUT2D eigenvalue weighted by Crippen LogP contribution is 2.19. The standard InChI is InChI=1S/C13H18FNO2/c1-17-13-7-6-10(9-11(13)14)12(16)5-3-2-4-8-15/h6-7,9H,2-5,8,15H2,1H3. The topological polar surface area (TPSA) is 52.3 Å². The van der Waals surface area contributed by atoms with E-state index in [0.717, 1.165) is 19.3 Å². The molecule has 0 spiro atoms. The van der Waals surface area contributed by atoms with Gasteiger partial charge in [0.2, 0.25) is 0 Å². The Balaban J connectivity index is 2.54. The molecule has 1 rings (SSSR count). The number of hydrogen-bond acceptors (Lipinski definition) is 3. The van der Waals surface area contributed by atoms with Crippen LogP contribution in [0.15, 0.2) is 18.2 Å². The third-order valence-electron chi connectivity index (χ3n) is 2.58. The second-order valence-corrected chi connectivity index (χ2v) is 3.87. The molecule has 0 fully saturated rings. The Bertz CT molecular complexity index is 380. The number of ketones is 1. The minimum Gasteiger partial charge on any atom is -0.494 e. The van der Waals surface area contributed by atoms with E-state index in [0.29, 0.717) is 18.5 Å². The zero-order valence-electron chi connectivity index (χ0n) is 10.0. The first-order valence-electron chi connectivity index (χ1n) is 5.76. The van der Waals surface area contributed by atoms with Crippen molar-refractivity contribution in [1.29, 1.82) is 0 Å². The van der Waals surface area contributed by atoms with Crippen LogP contribution in [0.1, 0.15) is 36.0 Å². The first-order valence-corrected chi connectivity index (χ1v) is 5.76. The van der Waals surface area contributed by atoms with Crippen LogP contribution >= 0.6 is 0 Å². The van der Waals surface area contributed by atoms with E-state index in [9.17, 15) is 9.18 Å².